The van der Waals surface area contributed by atoms with E-state index in [0.717, 1.165) is 11.4 Å². The normalized spacial score (nSPS) is 9.40. The molecule has 1 heterocycles. The Hall–Kier alpha value is -1.05. The molecule has 0 N–H and O–H groups in total. The van der Waals surface area contributed by atoms with Crippen molar-refractivity contribution in [2.45, 2.75) is 13.8 Å². The molecule has 0 aliphatic carbocycles. The number of hydrogen-bond acceptors (Lipinski definition) is 2. The molecular weight excluding hydrogens is 126 g/mol. The first kappa shape index (κ1) is 7.06. The van der Waals surface area contributed by atoms with Gasteiger partial charge in [-0.15, -0.1) is 0 Å². The summed E-state index contributed by atoms with van der Waals surface area (Å²) in [6.07, 6.45) is 1.71. The predicted molar refractivity (Wildman–Crippen MR) is 39.0 cm³/mol. The minimum Gasteiger partial charge on any atom is -0.491 e. The standard InChI is InChI=1S/C8H10NO/c1-3-10-8-5-4-6-9-7(8)2/h4,6H,3H2,1-2H3. The maximum atomic E-state index is 5.22. The molecule has 0 saturated heterocycles. The van der Waals surface area contributed by atoms with Gasteiger partial charge in [0, 0.05) is 12.3 Å². The van der Waals surface area contributed by atoms with E-state index in [2.05, 4.69) is 11.1 Å². The molecule has 0 aliphatic heterocycles. The maximum Gasteiger partial charge on any atom is 0.148 e. The lowest BCUT2D eigenvalue weighted by molar-refractivity contribution is 0.335. The van der Waals surface area contributed by atoms with Crippen molar-refractivity contribution in [1.82, 2.24) is 4.98 Å². The van der Waals surface area contributed by atoms with Gasteiger partial charge < -0.3 is 4.74 Å². The number of aromatic nitrogens is 1. The number of aryl methyl sites for hydroxylation is 1. The van der Waals surface area contributed by atoms with E-state index in [1.54, 1.807) is 12.3 Å². The highest BCUT2D eigenvalue weighted by atomic mass is 16.5. The molecule has 2 heteroatoms. The number of pyridine rings is 1. The van der Waals surface area contributed by atoms with E-state index in [9.17, 15) is 0 Å². The van der Waals surface area contributed by atoms with Crippen LogP contribution in [0.2, 0.25) is 0 Å². The summed E-state index contributed by atoms with van der Waals surface area (Å²) < 4.78 is 5.22. The van der Waals surface area contributed by atoms with Crippen LogP contribution in [-0.2, 0) is 0 Å². The van der Waals surface area contributed by atoms with Crippen LogP contribution in [-0.4, -0.2) is 11.6 Å². The van der Waals surface area contributed by atoms with Gasteiger partial charge in [0.25, 0.3) is 0 Å². The van der Waals surface area contributed by atoms with E-state index < -0.39 is 0 Å². The van der Waals surface area contributed by atoms with E-state index >= 15 is 0 Å². The van der Waals surface area contributed by atoms with E-state index in [4.69, 9.17) is 4.74 Å². The van der Waals surface area contributed by atoms with Crippen molar-refractivity contribution < 1.29 is 4.74 Å². The van der Waals surface area contributed by atoms with Crippen LogP contribution in [0.3, 0.4) is 0 Å². The number of ether oxygens (including phenoxy) is 1. The molecule has 0 amide bonds. The van der Waals surface area contributed by atoms with Crippen LogP contribution in [0, 0.1) is 13.0 Å². The van der Waals surface area contributed by atoms with Gasteiger partial charge in [-0.2, -0.15) is 0 Å². The molecule has 0 saturated carbocycles. The van der Waals surface area contributed by atoms with Gasteiger partial charge in [0.15, 0.2) is 0 Å². The number of rotatable bonds is 2. The minimum atomic E-state index is 0.670. The number of nitrogens with zero attached hydrogens (tertiary/aromatic N) is 1. The van der Waals surface area contributed by atoms with Crippen LogP contribution in [0.5, 0.6) is 5.75 Å². The second-order valence-corrected chi connectivity index (χ2v) is 1.94. The lowest BCUT2D eigenvalue weighted by Crippen LogP contribution is -1.94. The molecule has 10 heavy (non-hydrogen) atoms. The van der Waals surface area contributed by atoms with Gasteiger partial charge in [0.05, 0.1) is 12.3 Å². The average Bonchev–Trinajstić information content (AvgIpc) is 1.94. The van der Waals surface area contributed by atoms with Crippen molar-refractivity contribution in [3.05, 3.63) is 24.0 Å². The summed E-state index contributed by atoms with van der Waals surface area (Å²) in [5, 5.41) is 0. The monoisotopic (exact) mass is 136 g/mol. The molecule has 1 rings (SSSR count). The van der Waals surface area contributed by atoms with Crippen molar-refractivity contribution in [2.75, 3.05) is 6.61 Å². The van der Waals surface area contributed by atoms with Gasteiger partial charge >= 0.3 is 0 Å². The Labute approximate surface area is 60.9 Å². The minimum absolute atomic E-state index is 0.670. The highest BCUT2D eigenvalue weighted by molar-refractivity contribution is 5.23. The van der Waals surface area contributed by atoms with Crippen molar-refractivity contribution in [3.8, 4) is 5.75 Å². The molecule has 0 unspecified atom stereocenters. The Bertz CT molecular complexity index is 210. The van der Waals surface area contributed by atoms with E-state index in [0.29, 0.717) is 6.61 Å². The zero-order chi connectivity index (χ0) is 7.40. The molecule has 1 aromatic heterocycles. The van der Waals surface area contributed by atoms with Crippen molar-refractivity contribution in [2.24, 2.45) is 0 Å². The second-order valence-electron chi connectivity index (χ2n) is 1.94. The van der Waals surface area contributed by atoms with Crippen molar-refractivity contribution >= 4 is 0 Å². The van der Waals surface area contributed by atoms with E-state index in [-0.39, 0.29) is 0 Å². The van der Waals surface area contributed by atoms with Crippen LogP contribution < -0.4 is 4.74 Å². The quantitative estimate of drug-likeness (QED) is 0.616. The largest absolute Gasteiger partial charge is 0.491 e. The summed E-state index contributed by atoms with van der Waals surface area (Å²) in [7, 11) is 0. The number of hydrogen-bond donors (Lipinski definition) is 0. The highest BCUT2D eigenvalue weighted by Gasteiger charge is 1.95. The van der Waals surface area contributed by atoms with Gasteiger partial charge in [-0.25, -0.2) is 0 Å². The highest BCUT2D eigenvalue weighted by Crippen LogP contribution is 2.11. The van der Waals surface area contributed by atoms with Crippen LogP contribution in [0.1, 0.15) is 12.6 Å². The van der Waals surface area contributed by atoms with Crippen LogP contribution in [0.25, 0.3) is 0 Å². The molecule has 0 bridgehead atoms. The third kappa shape index (κ3) is 1.47. The van der Waals surface area contributed by atoms with E-state index in [1.165, 1.54) is 0 Å². The fourth-order valence-electron chi connectivity index (χ4n) is 0.716. The Morgan fingerprint density at radius 1 is 1.70 bits per heavy atom. The summed E-state index contributed by atoms with van der Waals surface area (Å²) >= 11 is 0. The van der Waals surface area contributed by atoms with Crippen LogP contribution in [0.15, 0.2) is 12.3 Å². The molecule has 1 radical (unpaired) electrons. The maximum absolute atomic E-state index is 5.22. The SMILES string of the molecule is CCOc1[c]ccnc1C. The Balaban J connectivity index is 2.81. The molecule has 0 aliphatic rings. The van der Waals surface area contributed by atoms with Crippen molar-refractivity contribution in [3.63, 3.8) is 0 Å². The zero-order valence-corrected chi connectivity index (χ0v) is 6.22. The summed E-state index contributed by atoms with van der Waals surface area (Å²) in [5.41, 5.74) is 0.893. The molecule has 0 aromatic carbocycles. The van der Waals surface area contributed by atoms with E-state index in [1.807, 2.05) is 13.8 Å². The molecule has 1 aromatic rings. The Morgan fingerprint density at radius 2 is 2.50 bits per heavy atom. The first-order chi connectivity index (χ1) is 4.84. The summed E-state index contributed by atoms with van der Waals surface area (Å²) in [6.45, 7) is 4.52. The zero-order valence-electron chi connectivity index (χ0n) is 6.22. The summed E-state index contributed by atoms with van der Waals surface area (Å²) in [6, 6.07) is 4.70. The third-order valence-corrected chi connectivity index (χ3v) is 1.17. The smallest absolute Gasteiger partial charge is 0.148 e. The first-order valence-electron chi connectivity index (χ1n) is 3.30. The molecule has 2 nitrogen and oxygen atoms in total. The fraction of sp³-hybridized carbons (Fsp3) is 0.375. The van der Waals surface area contributed by atoms with Gasteiger partial charge in [-0.05, 0) is 19.9 Å². The molecule has 0 atom stereocenters. The predicted octanol–water partition coefficient (Wildman–Crippen LogP) is 1.59. The third-order valence-electron chi connectivity index (χ3n) is 1.17. The van der Waals surface area contributed by atoms with Gasteiger partial charge in [0.1, 0.15) is 5.75 Å². The fourth-order valence-corrected chi connectivity index (χ4v) is 0.716. The second kappa shape index (κ2) is 3.20. The summed E-state index contributed by atoms with van der Waals surface area (Å²) in [5.74, 6) is 0.755. The van der Waals surface area contributed by atoms with Gasteiger partial charge in [-0.1, -0.05) is 0 Å². The molecule has 0 fully saturated rings. The van der Waals surface area contributed by atoms with Crippen molar-refractivity contribution in [1.29, 1.82) is 0 Å². The molecule has 53 valence electrons. The first-order valence-corrected chi connectivity index (χ1v) is 3.30. The van der Waals surface area contributed by atoms with Crippen LogP contribution >= 0.6 is 0 Å². The lowest BCUT2D eigenvalue weighted by atomic mass is 10.3. The molecule has 0 spiro atoms. The Morgan fingerprint density at radius 3 is 3.10 bits per heavy atom. The average molecular weight is 136 g/mol. The summed E-state index contributed by atoms with van der Waals surface area (Å²) in [4.78, 5) is 4.04. The van der Waals surface area contributed by atoms with Gasteiger partial charge in [0.2, 0.25) is 0 Å². The molecular formula is C8H10NO. The lowest BCUT2D eigenvalue weighted by Gasteiger charge is -2.02. The Kier molecular flexibility index (Phi) is 2.26. The topological polar surface area (TPSA) is 22.1 Å². The van der Waals surface area contributed by atoms with Crippen LogP contribution in [0.4, 0.5) is 0 Å². The van der Waals surface area contributed by atoms with Gasteiger partial charge in [-0.3, -0.25) is 4.98 Å².